The SMILES string of the molecule is CCN(CC(=O)O)C1CC(NC(=O)CCCC2CCCC2)C1. The first-order valence-electron chi connectivity index (χ1n) is 8.83. The first-order valence-corrected chi connectivity index (χ1v) is 8.83. The first kappa shape index (κ1) is 17.3. The Bertz CT molecular complexity index is 374. The molecule has 0 aromatic heterocycles. The molecule has 22 heavy (non-hydrogen) atoms. The monoisotopic (exact) mass is 310 g/mol. The molecule has 5 heteroatoms. The lowest BCUT2D eigenvalue weighted by Crippen LogP contribution is -2.54. The van der Waals surface area contributed by atoms with Crippen molar-refractivity contribution in [1.82, 2.24) is 10.2 Å². The average Bonchev–Trinajstić information content (AvgIpc) is 2.93. The number of carboxylic acid groups (broad SMARTS) is 1. The van der Waals surface area contributed by atoms with Gasteiger partial charge in [-0.1, -0.05) is 32.6 Å². The molecular weight excluding hydrogens is 280 g/mol. The number of carboxylic acids is 1. The quantitative estimate of drug-likeness (QED) is 0.686. The number of hydrogen-bond acceptors (Lipinski definition) is 3. The fourth-order valence-corrected chi connectivity index (χ4v) is 3.83. The Labute approximate surface area is 133 Å². The number of nitrogens with one attached hydrogen (secondary N) is 1. The Morgan fingerprint density at radius 3 is 2.50 bits per heavy atom. The van der Waals surface area contributed by atoms with Gasteiger partial charge in [-0.3, -0.25) is 14.5 Å². The van der Waals surface area contributed by atoms with Crippen molar-refractivity contribution in [3.8, 4) is 0 Å². The van der Waals surface area contributed by atoms with Crippen LogP contribution in [0.2, 0.25) is 0 Å². The average molecular weight is 310 g/mol. The van der Waals surface area contributed by atoms with E-state index in [9.17, 15) is 9.59 Å². The Balaban J connectivity index is 1.56. The van der Waals surface area contributed by atoms with Crippen molar-refractivity contribution >= 4 is 11.9 Å². The molecule has 0 spiro atoms. The van der Waals surface area contributed by atoms with Crippen molar-refractivity contribution in [3.63, 3.8) is 0 Å². The van der Waals surface area contributed by atoms with E-state index >= 15 is 0 Å². The van der Waals surface area contributed by atoms with Crippen LogP contribution < -0.4 is 5.32 Å². The molecule has 0 heterocycles. The second-order valence-corrected chi connectivity index (χ2v) is 6.89. The van der Waals surface area contributed by atoms with Crippen LogP contribution in [0.5, 0.6) is 0 Å². The number of amides is 1. The van der Waals surface area contributed by atoms with E-state index in [2.05, 4.69) is 5.32 Å². The Morgan fingerprint density at radius 2 is 1.91 bits per heavy atom. The zero-order valence-electron chi connectivity index (χ0n) is 13.7. The van der Waals surface area contributed by atoms with E-state index in [1.165, 1.54) is 32.1 Å². The number of carbonyl (C=O) groups is 2. The van der Waals surface area contributed by atoms with Crippen LogP contribution in [-0.2, 0) is 9.59 Å². The summed E-state index contributed by atoms with van der Waals surface area (Å²) in [4.78, 5) is 24.7. The van der Waals surface area contributed by atoms with E-state index < -0.39 is 5.97 Å². The third-order valence-corrected chi connectivity index (χ3v) is 5.23. The summed E-state index contributed by atoms with van der Waals surface area (Å²) in [5.41, 5.74) is 0. The van der Waals surface area contributed by atoms with Crippen LogP contribution in [0.3, 0.4) is 0 Å². The van der Waals surface area contributed by atoms with Crippen LogP contribution in [0.15, 0.2) is 0 Å². The highest BCUT2D eigenvalue weighted by Gasteiger charge is 2.34. The largest absolute Gasteiger partial charge is 0.480 e. The van der Waals surface area contributed by atoms with Gasteiger partial charge in [0.1, 0.15) is 0 Å². The molecule has 0 aliphatic heterocycles. The molecule has 2 saturated carbocycles. The van der Waals surface area contributed by atoms with Gasteiger partial charge in [-0.2, -0.15) is 0 Å². The van der Waals surface area contributed by atoms with Gasteiger partial charge in [-0.25, -0.2) is 0 Å². The fourth-order valence-electron chi connectivity index (χ4n) is 3.83. The molecule has 2 fully saturated rings. The summed E-state index contributed by atoms with van der Waals surface area (Å²) < 4.78 is 0. The minimum atomic E-state index is -0.777. The van der Waals surface area contributed by atoms with Gasteiger partial charge in [0, 0.05) is 18.5 Å². The smallest absolute Gasteiger partial charge is 0.317 e. The zero-order chi connectivity index (χ0) is 15.9. The van der Waals surface area contributed by atoms with Gasteiger partial charge in [-0.15, -0.1) is 0 Å². The summed E-state index contributed by atoms with van der Waals surface area (Å²) in [7, 11) is 0. The highest BCUT2D eigenvalue weighted by Crippen LogP contribution is 2.29. The number of carbonyl (C=O) groups excluding carboxylic acids is 1. The maximum atomic E-state index is 11.9. The summed E-state index contributed by atoms with van der Waals surface area (Å²) in [5.74, 6) is 0.249. The van der Waals surface area contributed by atoms with Crippen molar-refractivity contribution in [2.45, 2.75) is 76.8 Å². The van der Waals surface area contributed by atoms with Gasteiger partial charge in [0.2, 0.25) is 5.91 Å². The molecular formula is C17H30N2O3. The van der Waals surface area contributed by atoms with Gasteiger partial charge in [-0.05, 0) is 38.1 Å². The molecule has 1 amide bonds. The van der Waals surface area contributed by atoms with E-state index in [4.69, 9.17) is 5.11 Å². The highest BCUT2D eigenvalue weighted by atomic mass is 16.4. The lowest BCUT2D eigenvalue weighted by atomic mass is 9.85. The van der Waals surface area contributed by atoms with Crippen LogP contribution >= 0.6 is 0 Å². The standard InChI is InChI=1S/C17H30N2O3/c1-2-19(12-17(21)22)15-10-14(11-15)18-16(20)9-5-8-13-6-3-4-7-13/h13-15H,2-12H2,1H3,(H,18,20)(H,21,22). The zero-order valence-corrected chi connectivity index (χ0v) is 13.7. The first-order chi connectivity index (χ1) is 10.6. The molecule has 0 bridgehead atoms. The van der Waals surface area contributed by atoms with Crippen molar-refractivity contribution in [3.05, 3.63) is 0 Å². The number of likely N-dealkylation sites (N-methyl/N-ethyl adjacent to an activating group) is 1. The minimum absolute atomic E-state index is 0.100. The summed E-state index contributed by atoms with van der Waals surface area (Å²) >= 11 is 0. The number of hydrogen-bond donors (Lipinski definition) is 2. The second kappa shape index (κ2) is 8.51. The Morgan fingerprint density at radius 1 is 1.23 bits per heavy atom. The van der Waals surface area contributed by atoms with E-state index in [1.807, 2.05) is 11.8 Å². The molecule has 2 aliphatic carbocycles. The minimum Gasteiger partial charge on any atom is -0.480 e. The van der Waals surface area contributed by atoms with Gasteiger partial charge in [0.05, 0.1) is 6.54 Å². The van der Waals surface area contributed by atoms with Crippen molar-refractivity contribution in [1.29, 1.82) is 0 Å². The third-order valence-electron chi connectivity index (χ3n) is 5.23. The molecule has 0 unspecified atom stereocenters. The molecule has 2 aliphatic rings. The van der Waals surface area contributed by atoms with Gasteiger partial charge >= 0.3 is 5.97 Å². The van der Waals surface area contributed by atoms with Crippen LogP contribution in [0, 0.1) is 5.92 Å². The molecule has 126 valence electrons. The molecule has 0 radical (unpaired) electrons. The molecule has 2 rings (SSSR count). The van der Waals surface area contributed by atoms with Crippen LogP contribution in [0.25, 0.3) is 0 Å². The van der Waals surface area contributed by atoms with E-state index in [-0.39, 0.29) is 18.5 Å². The molecule has 0 aromatic carbocycles. The fraction of sp³-hybridized carbons (Fsp3) is 0.882. The molecule has 0 atom stereocenters. The topological polar surface area (TPSA) is 69.6 Å². The van der Waals surface area contributed by atoms with Crippen molar-refractivity contribution in [2.24, 2.45) is 5.92 Å². The summed E-state index contributed by atoms with van der Waals surface area (Å²) in [6, 6.07) is 0.553. The number of aliphatic carboxylic acids is 1. The summed E-state index contributed by atoms with van der Waals surface area (Å²) in [5, 5.41) is 12.0. The molecule has 5 nitrogen and oxygen atoms in total. The van der Waals surface area contributed by atoms with Gasteiger partial charge in [0.15, 0.2) is 0 Å². The lowest BCUT2D eigenvalue weighted by Gasteiger charge is -2.42. The van der Waals surface area contributed by atoms with Crippen LogP contribution in [-0.4, -0.2) is 47.1 Å². The maximum Gasteiger partial charge on any atom is 0.317 e. The number of nitrogens with zero attached hydrogens (tertiary/aromatic N) is 1. The van der Waals surface area contributed by atoms with Crippen molar-refractivity contribution in [2.75, 3.05) is 13.1 Å². The van der Waals surface area contributed by atoms with Crippen molar-refractivity contribution < 1.29 is 14.7 Å². The predicted octanol–water partition coefficient (Wildman–Crippen LogP) is 2.40. The number of rotatable bonds is 9. The van der Waals surface area contributed by atoms with Crippen LogP contribution in [0.1, 0.15) is 64.7 Å². The second-order valence-electron chi connectivity index (χ2n) is 6.89. The maximum absolute atomic E-state index is 11.9. The van der Waals surface area contributed by atoms with E-state index in [0.29, 0.717) is 12.5 Å². The molecule has 2 N–H and O–H groups in total. The van der Waals surface area contributed by atoms with E-state index in [0.717, 1.165) is 31.7 Å². The third kappa shape index (κ3) is 5.27. The Kier molecular flexibility index (Phi) is 6.68. The van der Waals surface area contributed by atoms with E-state index in [1.54, 1.807) is 0 Å². The van der Waals surface area contributed by atoms with Gasteiger partial charge in [0.25, 0.3) is 0 Å². The predicted molar refractivity (Wildman–Crippen MR) is 85.6 cm³/mol. The van der Waals surface area contributed by atoms with Gasteiger partial charge < -0.3 is 10.4 Å². The summed E-state index contributed by atoms with van der Waals surface area (Å²) in [6.45, 7) is 2.83. The lowest BCUT2D eigenvalue weighted by molar-refractivity contribution is -0.139. The normalized spacial score (nSPS) is 25.2. The van der Waals surface area contributed by atoms with Crippen LogP contribution in [0.4, 0.5) is 0 Å². The molecule has 0 aromatic rings. The highest BCUT2D eigenvalue weighted by molar-refractivity contribution is 5.76. The summed E-state index contributed by atoms with van der Waals surface area (Å²) in [6.07, 6.45) is 10.0. The molecule has 0 saturated heterocycles. The Hall–Kier alpha value is -1.10.